The minimum absolute atomic E-state index is 0.00721. The van der Waals surface area contributed by atoms with Crippen LogP contribution in [0.4, 0.5) is 20.5 Å². The third kappa shape index (κ3) is 6.14. The van der Waals surface area contributed by atoms with E-state index in [9.17, 15) is 8.78 Å². The highest BCUT2D eigenvalue weighted by Crippen LogP contribution is 2.30. The summed E-state index contributed by atoms with van der Waals surface area (Å²) in [5, 5.41) is 6.37. The highest BCUT2D eigenvalue weighted by molar-refractivity contribution is 5.83. The highest BCUT2D eigenvalue weighted by Gasteiger charge is 2.18. The first-order chi connectivity index (χ1) is 18.4. The maximum absolute atomic E-state index is 14.9. The van der Waals surface area contributed by atoms with Gasteiger partial charge in [0.25, 0.3) is 0 Å². The number of anilines is 2. The smallest absolute Gasteiger partial charge is 0.229 e. The molecule has 2 N–H and O–H groups in total. The molecule has 38 heavy (non-hydrogen) atoms. The Hall–Kier alpha value is -3.50. The van der Waals surface area contributed by atoms with Crippen molar-refractivity contribution in [2.45, 2.75) is 52.6 Å². The number of aryl methyl sites for hydroxylation is 1. The molecular formula is C28H34F2N8. The summed E-state index contributed by atoms with van der Waals surface area (Å²) < 4.78 is 31.6. The Bertz CT molecular complexity index is 1390. The van der Waals surface area contributed by atoms with Crippen LogP contribution in [-0.4, -0.2) is 55.6 Å². The third-order valence-electron chi connectivity index (χ3n) is 6.49. The van der Waals surface area contributed by atoms with Crippen LogP contribution >= 0.6 is 0 Å². The van der Waals surface area contributed by atoms with E-state index in [0.717, 1.165) is 44.5 Å². The van der Waals surface area contributed by atoms with Gasteiger partial charge in [-0.1, -0.05) is 25.3 Å². The molecule has 200 valence electrons. The Morgan fingerprint density at radius 2 is 1.74 bits per heavy atom. The monoisotopic (exact) mass is 520 g/mol. The number of pyridine rings is 1. The van der Waals surface area contributed by atoms with Gasteiger partial charge in [-0.2, -0.15) is 0 Å². The molecule has 4 aromatic rings. The molecule has 3 aromatic heterocycles. The molecule has 10 heteroatoms. The van der Waals surface area contributed by atoms with Crippen LogP contribution in [0.5, 0.6) is 0 Å². The molecule has 2 aliphatic rings. The summed E-state index contributed by atoms with van der Waals surface area (Å²) in [4.78, 5) is 19.6. The molecule has 8 nitrogen and oxygen atoms in total. The van der Waals surface area contributed by atoms with E-state index < -0.39 is 11.6 Å². The summed E-state index contributed by atoms with van der Waals surface area (Å²) in [5.41, 5.74) is 2.30. The average Bonchev–Trinajstić information content (AvgIpc) is 3.75. The largest absolute Gasteiger partial charge is 0.326 e. The zero-order valence-electron chi connectivity index (χ0n) is 22.1. The van der Waals surface area contributed by atoms with E-state index in [-0.39, 0.29) is 23.2 Å². The van der Waals surface area contributed by atoms with Crippen molar-refractivity contribution >= 4 is 22.8 Å². The molecule has 0 amide bonds. The molecule has 2 fully saturated rings. The number of benzene rings is 1. The Morgan fingerprint density at radius 1 is 0.974 bits per heavy atom. The Kier molecular flexibility index (Phi) is 7.90. The number of imidazole rings is 1. The number of hydrogen-bond donors (Lipinski definition) is 2. The average molecular weight is 521 g/mol. The molecule has 1 saturated heterocycles. The summed E-state index contributed by atoms with van der Waals surface area (Å²) in [5.74, 6) is 0.262. The van der Waals surface area contributed by atoms with Gasteiger partial charge in [0.1, 0.15) is 22.9 Å². The van der Waals surface area contributed by atoms with E-state index in [2.05, 4.69) is 35.5 Å². The van der Waals surface area contributed by atoms with Crippen molar-refractivity contribution in [3.8, 4) is 11.3 Å². The van der Waals surface area contributed by atoms with Gasteiger partial charge in [-0.3, -0.25) is 4.90 Å². The van der Waals surface area contributed by atoms with Crippen LogP contribution < -0.4 is 10.6 Å². The SMILES string of the molecule is C1CC1.Cc1nc2c(F)cc(-c3nc(Nc4ccc(CN5CCNCC5)cn4)ncc3F)cc2n1C(C)C. The normalized spacial score (nSPS) is 15.4. The fourth-order valence-corrected chi connectivity index (χ4v) is 4.52. The van der Waals surface area contributed by atoms with Crippen LogP contribution in [0.1, 0.15) is 50.5 Å². The zero-order chi connectivity index (χ0) is 26.6. The number of fused-ring (bicyclic) bond motifs is 1. The molecule has 1 aliphatic carbocycles. The first kappa shape index (κ1) is 26.1. The van der Waals surface area contributed by atoms with Crippen LogP contribution in [0, 0.1) is 18.6 Å². The van der Waals surface area contributed by atoms with E-state index in [1.165, 1.54) is 25.3 Å². The minimum atomic E-state index is -0.638. The predicted octanol–water partition coefficient (Wildman–Crippen LogP) is 5.37. The molecule has 0 spiro atoms. The van der Waals surface area contributed by atoms with Crippen LogP contribution in [0.3, 0.4) is 0 Å². The van der Waals surface area contributed by atoms with Crippen molar-refractivity contribution < 1.29 is 8.78 Å². The number of rotatable bonds is 6. The fourth-order valence-electron chi connectivity index (χ4n) is 4.52. The second-order valence-corrected chi connectivity index (χ2v) is 10.1. The molecule has 1 aromatic carbocycles. The van der Waals surface area contributed by atoms with Crippen molar-refractivity contribution in [3.05, 3.63) is 59.7 Å². The predicted molar refractivity (Wildman–Crippen MR) is 145 cm³/mol. The van der Waals surface area contributed by atoms with Crippen molar-refractivity contribution in [3.63, 3.8) is 0 Å². The van der Waals surface area contributed by atoms with Gasteiger partial charge in [-0.05, 0) is 44.5 Å². The molecule has 0 bridgehead atoms. The van der Waals surface area contributed by atoms with Gasteiger partial charge in [0.2, 0.25) is 5.95 Å². The van der Waals surface area contributed by atoms with E-state index in [0.29, 0.717) is 22.7 Å². The van der Waals surface area contributed by atoms with E-state index in [1.807, 2.05) is 43.7 Å². The van der Waals surface area contributed by atoms with E-state index >= 15 is 0 Å². The number of nitrogens with one attached hydrogen (secondary N) is 2. The molecule has 1 aliphatic heterocycles. The molecule has 4 heterocycles. The molecule has 6 rings (SSSR count). The minimum Gasteiger partial charge on any atom is -0.326 e. The highest BCUT2D eigenvalue weighted by atomic mass is 19.1. The zero-order valence-corrected chi connectivity index (χ0v) is 22.1. The standard InChI is InChI=1S/C25H28F2N8.C3H6/c1-15(2)35-16(3)31-24-19(26)10-18(11-21(24)35)23-20(27)13-30-25(33-23)32-22-5-4-17(12-29-22)14-34-8-6-28-7-9-34;1-2-3-1/h4-5,10-13,15,28H,6-9,14H2,1-3H3,(H,29,30,32,33);1-3H2. The molecule has 0 unspecified atom stereocenters. The Morgan fingerprint density at radius 3 is 2.39 bits per heavy atom. The van der Waals surface area contributed by atoms with Crippen LogP contribution in [-0.2, 0) is 6.54 Å². The second-order valence-electron chi connectivity index (χ2n) is 10.1. The number of nitrogens with zero attached hydrogens (tertiary/aromatic N) is 6. The summed E-state index contributed by atoms with van der Waals surface area (Å²) >= 11 is 0. The third-order valence-corrected chi connectivity index (χ3v) is 6.49. The first-order valence-corrected chi connectivity index (χ1v) is 13.2. The van der Waals surface area contributed by atoms with Crippen LogP contribution in [0.25, 0.3) is 22.3 Å². The lowest BCUT2D eigenvalue weighted by Crippen LogP contribution is -2.42. The van der Waals surface area contributed by atoms with Gasteiger partial charge in [0.05, 0.1) is 11.7 Å². The fraction of sp³-hybridized carbons (Fsp3) is 0.429. The van der Waals surface area contributed by atoms with Crippen LogP contribution in [0.2, 0.25) is 0 Å². The summed E-state index contributed by atoms with van der Waals surface area (Å²) in [6.45, 7) is 10.7. The van der Waals surface area contributed by atoms with Gasteiger partial charge < -0.3 is 15.2 Å². The molecule has 1 saturated carbocycles. The molecular weight excluding hydrogens is 486 g/mol. The number of halogens is 2. The maximum Gasteiger partial charge on any atom is 0.229 e. The van der Waals surface area contributed by atoms with Gasteiger partial charge in [-0.15, -0.1) is 0 Å². The van der Waals surface area contributed by atoms with Crippen molar-refractivity contribution in [2.24, 2.45) is 0 Å². The maximum atomic E-state index is 14.9. The second kappa shape index (κ2) is 11.5. The number of aromatic nitrogens is 5. The lowest BCUT2D eigenvalue weighted by Gasteiger charge is -2.27. The van der Waals surface area contributed by atoms with E-state index in [1.54, 1.807) is 6.07 Å². The quantitative estimate of drug-likeness (QED) is 0.353. The summed E-state index contributed by atoms with van der Waals surface area (Å²) in [6.07, 6.45) is 7.39. The number of hydrogen-bond acceptors (Lipinski definition) is 7. The van der Waals surface area contributed by atoms with Crippen molar-refractivity contribution in [1.29, 1.82) is 0 Å². The topological polar surface area (TPSA) is 83.8 Å². The lowest BCUT2D eigenvalue weighted by atomic mass is 10.1. The van der Waals surface area contributed by atoms with Crippen molar-refractivity contribution in [2.75, 3.05) is 31.5 Å². The van der Waals surface area contributed by atoms with Gasteiger partial charge in [-0.25, -0.2) is 28.7 Å². The van der Waals surface area contributed by atoms with Gasteiger partial charge in [0, 0.05) is 50.5 Å². The summed E-state index contributed by atoms with van der Waals surface area (Å²) in [6, 6.07) is 6.90. The lowest BCUT2D eigenvalue weighted by molar-refractivity contribution is 0.233. The molecule has 0 atom stereocenters. The van der Waals surface area contributed by atoms with Crippen LogP contribution in [0.15, 0.2) is 36.7 Å². The number of piperazine rings is 1. The van der Waals surface area contributed by atoms with Gasteiger partial charge >= 0.3 is 0 Å². The van der Waals surface area contributed by atoms with Gasteiger partial charge in [0.15, 0.2) is 11.6 Å². The van der Waals surface area contributed by atoms with E-state index in [4.69, 9.17) is 0 Å². The Balaban J connectivity index is 0.000000916. The van der Waals surface area contributed by atoms with Crippen molar-refractivity contribution in [1.82, 2.24) is 34.7 Å². The summed E-state index contributed by atoms with van der Waals surface area (Å²) in [7, 11) is 0. The molecule has 0 radical (unpaired) electrons. The Labute approximate surface area is 221 Å². The first-order valence-electron chi connectivity index (χ1n) is 13.2.